The number of rotatable bonds is 0. The molecule has 0 unspecified atom stereocenters. The summed E-state index contributed by atoms with van der Waals surface area (Å²) in [5.74, 6) is 0. The van der Waals surface area contributed by atoms with Gasteiger partial charge in [-0.2, -0.15) is 20.5 Å². The third-order valence-electron chi connectivity index (χ3n) is 4.69. The Labute approximate surface area is 103 Å². The first-order valence-electron chi connectivity index (χ1n) is 6.55. The maximum absolute atomic E-state index is 4.26. The molecular weight excluding hydrogens is 232 g/mol. The van der Waals surface area contributed by atoms with Crippen molar-refractivity contribution in [1.82, 2.24) is 0 Å². The molecule has 4 heterocycles. The second kappa shape index (κ2) is 2.41. The van der Waals surface area contributed by atoms with Gasteiger partial charge in [-0.1, -0.05) is 12.8 Å². The average Bonchev–Trinajstić information content (AvgIpc) is 3.20. The molecule has 1 fully saturated rings. The minimum Gasteiger partial charge on any atom is -0.154 e. The summed E-state index contributed by atoms with van der Waals surface area (Å²) in [5, 5.41) is 34.0. The van der Waals surface area contributed by atoms with E-state index < -0.39 is 22.7 Å². The van der Waals surface area contributed by atoms with Crippen LogP contribution in [0.2, 0.25) is 0 Å². The van der Waals surface area contributed by atoms with Gasteiger partial charge in [0.1, 0.15) is 0 Å². The fourth-order valence-electron chi connectivity index (χ4n) is 3.30. The van der Waals surface area contributed by atoms with Crippen molar-refractivity contribution < 1.29 is 0 Å². The van der Waals surface area contributed by atoms with Crippen LogP contribution in [-0.4, -0.2) is 22.7 Å². The summed E-state index contributed by atoms with van der Waals surface area (Å²) in [6.07, 6.45) is 6.39. The van der Waals surface area contributed by atoms with Gasteiger partial charge in [0.25, 0.3) is 11.3 Å². The molecule has 4 spiro atoms. The van der Waals surface area contributed by atoms with Gasteiger partial charge in [-0.3, -0.25) is 0 Å². The smallest absolute Gasteiger partial charge is 0.154 e. The van der Waals surface area contributed by atoms with Crippen LogP contribution in [0.3, 0.4) is 0 Å². The highest BCUT2D eigenvalue weighted by atomic mass is 15.7. The Kier molecular flexibility index (Phi) is 1.25. The van der Waals surface area contributed by atoms with E-state index in [9.17, 15) is 0 Å². The van der Waals surface area contributed by atoms with Gasteiger partial charge in [0, 0.05) is 12.8 Å². The Bertz CT molecular complexity index is 484. The summed E-state index contributed by atoms with van der Waals surface area (Å²) in [7, 11) is 0. The van der Waals surface area contributed by atoms with Crippen LogP contribution in [0, 0.1) is 0 Å². The first-order valence-corrected chi connectivity index (χ1v) is 6.55. The van der Waals surface area contributed by atoms with Crippen molar-refractivity contribution in [3.05, 3.63) is 0 Å². The van der Waals surface area contributed by atoms with E-state index in [0.29, 0.717) is 0 Å². The minimum atomic E-state index is -0.707. The molecule has 0 amide bonds. The molecule has 92 valence electrons. The first-order chi connectivity index (χ1) is 8.79. The molecular formula is C10H12N8. The Morgan fingerprint density at radius 3 is 1.11 bits per heavy atom. The van der Waals surface area contributed by atoms with E-state index in [4.69, 9.17) is 0 Å². The summed E-state index contributed by atoms with van der Waals surface area (Å²) in [4.78, 5) is 0. The normalized spacial score (nSPS) is 36.4. The molecule has 0 aromatic rings. The molecule has 1 aliphatic carbocycles. The summed E-state index contributed by atoms with van der Waals surface area (Å²) >= 11 is 0. The van der Waals surface area contributed by atoms with Crippen LogP contribution in [-0.2, 0) is 0 Å². The summed E-state index contributed by atoms with van der Waals surface area (Å²) in [6, 6.07) is 0. The molecule has 18 heavy (non-hydrogen) atoms. The van der Waals surface area contributed by atoms with Crippen molar-refractivity contribution in [2.45, 2.75) is 61.2 Å². The SMILES string of the molecule is C1CCCC2(N=N2)C2(N=N2)C2(N=N2)C2(CC1)N=N2. The molecule has 0 bridgehead atoms. The zero-order chi connectivity index (χ0) is 11.9. The Balaban J connectivity index is 1.56. The minimum absolute atomic E-state index is 0.505. The van der Waals surface area contributed by atoms with Crippen LogP contribution in [0.5, 0.6) is 0 Å². The molecule has 5 aliphatic rings. The zero-order valence-corrected chi connectivity index (χ0v) is 9.82. The van der Waals surface area contributed by atoms with E-state index >= 15 is 0 Å². The van der Waals surface area contributed by atoms with Gasteiger partial charge in [0.05, 0.1) is 0 Å². The van der Waals surface area contributed by atoms with Crippen molar-refractivity contribution in [3.63, 3.8) is 0 Å². The lowest BCUT2D eigenvalue weighted by Gasteiger charge is -2.27. The fourth-order valence-corrected chi connectivity index (χ4v) is 3.30. The summed E-state index contributed by atoms with van der Waals surface area (Å²) in [6.45, 7) is 0. The van der Waals surface area contributed by atoms with E-state index in [1.807, 2.05) is 0 Å². The fraction of sp³-hybridized carbons (Fsp3) is 1.00. The van der Waals surface area contributed by atoms with Crippen molar-refractivity contribution in [2.75, 3.05) is 0 Å². The van der Waals surface area contributed by atoms with Crippen LogP contribution >= 0.6 is 0 Å². The highest BCUT2D eigenvalue weighted by Crippen LogP contribution is 2.70. The average molecular weight is 244 g/mol. The summed E-state index contributed by atoms with van der Waals surface area (Å²) in [5.41, 5.74) is -2.43. The largest absolute Gasteiger partial charge is 0.291 e. The second-order valence-corrected chi connectivity index (χ2v) is 5.69. The molecule has 8 heteroatoms. The van der Waals surface area contributed by atoms with Crippen molar-refractivity contribution in [2.24, 2.45) is 40.9 Å². The topological polar surface area (TPSA) is 98.9 Å². The Morgan fingerprint density at radius 2 is 0.833 bits per heavy atom. The number of hydrogen-bond acceptors (Lipinski definition) is 8. The van der Waals surface area contributed by atoms with E-state index in [2.05, 4.69) is 40.9 Å². The highest BCUT2D eigenvalue weighted by molar-refractivity contribution is 5.38. The quantitative estimate of drug-likeness (QED) is 0.625. The third-order valence-corrected chi connectivity index (χ3v) is 4.69. The lowest BCUT2D eigenvalue weighted by molar-refractivity contribution is 0.220. The standard InChI is InChI=1S/C10H12N8/c1-2-4-6-8(13-14-8)10(17-18-10)9(15-16-9)7(5-3-1)11-12-7/h1-6H2. The Morgan fingerprint density at radius 1 is 0.444 bits per heavy atom. The van der Waals surface area contributed by atoms with Gasteiger partial charge < -0.3 is 0 Å². The predicted molar refractivity (Wildman–Crippen MR) is 58.1 cm³/mol. The molecule has 1 saturated carbocycles. The number of hydrogen-bond donors (Lipinski definition) is 0. The molecule has 0 atom stereocenters. The van der Waals surface area contributed by atoms with E-state index in [-0.39, 0.29) is 0 Å². The number of fused-ring (bicyclic) bond motifs is 3. The third kappa shape index (κ3) is 0.813. The molecule has 0 aromatic carbocycles. The van der Waals surface area contributed by atoms with Crippen LogP contribution in [0.1, 0.15) is 38.5 Å². The lowest BCUT2D eigenvalue weighted by atomic mass is 9.77. The van der Waals surface area contributed by atoms with Crippen LogP contribution in [0.15, 0.2) is 40.9 Å². The van der Waals surface area contributed by atoms with E-state index in [1.54, 1.807) is 0 Å². The second-order valence-electron chi connectivity index (χ2n) is 5.69. The maximum Gasteiger partial charge on any atom is 0.291 e. The van der Waals surface area contributed by atoms with Gasteiger partial charge in [0.2, 0.25) is 11.3 Å². The van der Waals surface area contributed by atoms with Crippen molar-refractivity contribution >= 4 is 0 Å². The molecule has 4 aliphatic heterocycles. The van der Waals surface area contributed by atoms with Gasteiger partial charge in [-0.25, -0.2) is 0 Å². The maximum atomic E-state index is 4.26. The van der Waals surface area contributed by atoms with Crippen LogP contribution in [0.25, 0.3) is 0 Å². The van der Waals surface area contributed by atoms with Crippen LogP contribution in [0.4, 0.5) is 0 Å². The molecule has 0 N–H and O–H groups in total. The molecule has 0 aromatic heterocycles. The van der Waals surface area contributed by atoms with Gasteiger partial charge in [0.15, 0.2) is 0 Å². The van der Waals surface area contributed by atoms with E-state index in [1.165, 1.54) is 12.8 Å². The van der Waals surface area contributed by atoms with Crippen molar-refractivity contribution in [1.29, 1.82) is 0 Å². The summed E-state index contributed by atoms with van der Waals surface area (Å²) < 4.78 is 0. The van der Waals surface area contributed by atoms with Crippen molar-refractivity contribution in [3.8, 4) is 0 Å². The van der Waals surface area contributed by atoms with Gasteiger partial charge in [-0.15, -0.1) is 20.5 Å². The Hall–Kier alpha value is -1.60. The molecule has 5 rings (SSSR count). The van der Waals surface area contributed by atoms with E-state index in [0.717, 1.165) is 25.7 Å². The number of nitrogens with zero attached hydrogens (tertiary/aromatic N) is 8. The highest BCUT2D eigenvalue weighted by Gasteiger charge is 2.89. The molecule has 0 saturated heterocycles. The molecule has 8 nitrogen and oxygen atoms in total. The van der Waals surface area contributed by atoms with Gasteiger partial charge >= 0.3 is 0 Å². The molecule has 0 radical (unpaired) electrons. The zero-order valence-electron chi connectivity index (χ0n) is 9.82. The lowest BCUT2D eigenvalue weighted by Crippen LogP contribution is -2.55. The van der Waals surface area contributed by atoms with Gasteiger partial charge in [-0.05, 0) is 12.8 Å². The van der Waals surface area contributed by atoms with Crippen LogP contribution < -0.4 is 0 Å². The first kappa shape index (κ1) is 9.35. The monoisotopic (exact) mass is 244 g/mol. The predicted octanol–water partition coefficient (Wildman–Crippen LogP) is 2.99.